The highest BCUT2D eigenvalue weighted by Crippen LogP contribution is 2.30. The minimum atomic E-state index is -0.715. The van der Waals surface area contributed by atoms with E-state index in [-0.39, 0.29) is 24.8 Å². The molecule has 5 nitrogen and oxygen atoms in total. The molecule has 1 aliphatic carbocycles. The van der Waals surface area contributed by atoms with Crippen molar-refractivity contribution >= 4 is 5.91 Å². The predicted molar refractivity (Wildman–Crippen MR) is 93.8 cm³/mol. The SMILES string of the molecule is O=C1c2cc([C]3[CH][CH][CH][CH]3)nn2C[C@H](O)CN1CCc1ccccc1F. The number of carbonyl (C=O) groups is 1. The summed E-state index contributed by atoms with van der Waals surface area (Å²) in [5, 5.41) is 14.8. The molecule has 1 aromatic carbocycles. The quantitative estimate of drug-likeness (QED) is 0.913. The number of hydrogen-bond donors (Lipinski definition) is 1. The van der Waals surface area contributed by atoms with Gasteiger partial charge in [0.1, 0.15) is 11.5 Å². The van der Waals surface area contributed by atoms with Crippen LogP contribution in [-0.2, 0) is 13.0 Å². The molecule has 26 heavy (non-hydrogen) atoms. The molecular formula is C20H19FN3O2. The summed E-state index contributed by atoms with van der Waals surface area (Å²) < 4.78 is 15.4. The Morgan fingerprint density at radius 1 is 1.19 bits per heavy atom. The summed E-state index contributed by atoms with van der Waals surface area (Å²) in [5.74, 6) is 0.466. The lowest BCUT2D eigenvalue weighted by Crippen LogP contribution is -2.37. The highest BCUT2D eigenvalue weighted by molar-refractivity contribution is 5.93. The summed E-state index contributed by atoms with van der Waals surface area (Å²) in [6.45, 7) is 0.814. The fourth-order valence-electron chi connectivity index (χ4n) is 3.32. The van der Waals surface area contributed by atoms with Crippen LogP contribution in [0.15, 0.2) is 30.3 Å². The third kappa shape index (κ3) is 3.38. The van der Waals surface area contributed by atoms with Crippen molar-refractivity contribution in [3.63, 3.8) is 0 Å². The van der Waals surface area contributed by atoms with Gasteiger partial charge in [-0.25, -0.2) is 4.39 Å². The third-order valence-corrected chi connectivity index (χ3v) is 4.67. The molecule has 1 aliphatic heterocycles. The average molecular weight is 352 g/mol. The Balaban J connectivity index is 1.53. The van der Waals surface area contributed by atoms with Gasteiger partial charge in [0.25, 0.3) is 5.91 Å². The second-order valence-electron chi connectivity index (χ2n) is 6.52. The number of benzene rings is 1. The van der Waals surface area contributed by atoms with Gasteiger partial charge < -0.3 is 10.0 Å². The highest BCUT2D eigenvalue weighted by atomic mass is 19.1. The van der Waals surface area contributed by atoms with Crippen LogP contribution in [0.25, 0.3) is 0 Å². The fourth-order valence-corrected chi connectivity index (χ4v) is 3.32. The van der Waals surface area contributed by atoms with Crippen molar-refractivity contribution in [3.05, 3.63) is 84.7 Å². The smallest absolute Gasteiger partial charge is 0.272 e. The summed E-state index contributed by atoms with van der Waals surface area (Å²) >= 11 is 0. The Bertz CT molecular complexity index is 798. The molecule has 1 saturated carbocycles. The summed E-state index contributed by atoms with van der Waals surface area (Å²) in [5.41, 5.74) is 1.72. The lowest BCUT2D eigenvalue weighted by atomic mass is 10.0. The van der Waals surface area contributed by atoms with Gasteiger partial charge in [0.2, 0.25) is 0 Å². The lowest BCUT2D eigenvalue weighted by molar-refractivity contribution is 0.0648. The maximum atomic E-state index is 13.8. The zero-order chi connectivity index (χ0) is 18.1. The van der Waals surface area contributed by atoms with Gasteiger partial charge in [0, 0.05) is 19.0 Å². The number of rotatable bonds is 4. The summed E-state index contributed by atoms with van der Waals surface area (Å²) in [4.78, 5) is 14.5. The largest absolute Gasteiger partial charge is 0.389 e. The molecule has 2 heterocycles. The van der Waals surface area contributed by atoms with E-state index in [0.717, 1.165) is 5.92 Å². The van der Waals surface area contributed by atoms with Gasteiger partial charge in [-0.15, -0.1) is 0 Å². The number of aromatic nitrogens is 2. The van der Waals surface area contributed by atoms with E-state index in [9.17, 15) is 14.3 Å². The lowest BCUT2D eigenvalue weighted by Gasteiger charge is -2.22. The first-order valence-corrected chi connectivity index (χ1v) is 8.62. The van der Waals surface area contributed by atoms with E-state index in [1.807, 2.05) is 25.7 Å². The third-order valence-electron chi connectivity index (χ3n) is 4.67. The maximum Gasteiger partial charge on any atom is 0.272 e. The zero-order valence-electron chi connectivity index (χ0n) is 14.2. The van der Waals surface area contributed by atoms with Crippen LogP contribution in [0.3, 0.4) is 0 Å². The zero-order valence-corrected chi connectivity index (χ0v) is 14.2. The Kier molecular flexibility index (Phi) is 4.76. The van der Waals surface area contributed by atoms with E-state index >= 15 is 0 Å². The van der Waals surface area contributed by atoms with Crippen molar-refractivity contribution in [1.29, 1.82) is 0 Å². The van der Waals surface area contributed by atoms with Crippen LogP contribution in [0.4, 0.5) is 4.39 Å². The van der Waals surface area contributed by atoms with E-state index in [1.165, 1.54) is 6.07 Å². The first kappa shape index (κ1) is 17.2. The van der Waals surface area contributed by atoms with Crippen LogP contribution in [-0.4, -0.2) is 44.9 Å². The van der Waals surface area contributed by atoms with Crippen LogP contribution in [0, 0.1) is 37.4 Å². The first-order valence-electron chi connectivity index (χ1n) is 8.62. The number of fused-ring (bicyclic) bond motifs is 1. The Morgan fingerprint density at radius 3 is 2.73 bits per heavy atom. The minimum absolute atomic E-state index is 0.191. The van der Waals surface area contributed by atoms with Crippen LogP contribution >= 0.6 is 0 Å². The van der Waals surface area contributed by atoms with Gasteiger partial charge in [-0.3, -0.25) is 9.48 Å². The van der Waals surface area contributed by atoms with E-state index in [4.69, 9.17) is 0 Å². The van der Waals surface area contributed by atoms with Gasteiger partial charge in [-0.2, -0.15) is 5.10 Å². The van der Waals surface area contributed by atoms with Crippen molar-refractivity contribution in [3.8, 4) is 0 Å². The molecule has 133 valence electrons. The number of aliphatic hydroxyl groups excluding tert-OH is 1. The molecule has 1 aromatic heterocycles. The van der Waals surface area contributed by atoms with Gasteiger partial charge in [-0.05, 0) is 49.8 Å². The van der Waals surface area contributed by atoms with Crippen molar-refractivity contribution in [2.24, 2.45) is 0 Å². The molecule has 4 rings (SSSR count). The Hall–Kier alpha value is -2.21. The summed E-state index contributed by atoms with van der Waals surface area (Å²) in [6, 6.07) is 8.30. The van der Waals surface area contributed by atoms with Gasteiger partial charge in [-0.1, -0.05) is 18.2 Å². The highest BCUT2D eigenvalue weighted by Gasteiger charge is 2.31. The van der Waals surface area contributed by atoms with Crippen LogP contribution in [0.5, 0.6) is 0 Å². The second kappa shape index (κ2) is 7.19. The fraction of sp³-hybridized carbons (Fsp3) is 0.250. The molecule has 2 aliphatic rings. The molecule has 1 N–H and O–H groups in total. The molecular weight excluding hydrogens is 333 g/mol. The minimum Gasteiger partial charge on any atom is -0.389 e. The van der Waals surface area contributed by atoms with Crippen molar-refractivity contribution in [2.75, 3.05) is 13.1 Å². The Morgan fingerprint density at radius 2 is 1.96 bits per heavy atom. The molecule has 1 atom stereocenters. The average Bonchev–Trinajstić information content (AvgIpc) is 3.27. The standard InChI is InChI=1S/C20H19FN3O2/c21-17-8-4-3-5-14(17)9-10-23-12-16(25)13-24-19(20(23)26)11-18(22-24)15-6-1-2-7-15/h1-8,11,16,25H,9-10,12-13H2/t16-/m1/s1. The van der Waals surface area contributed by atoms with E-state index in [0.29, 0.717) is 29.9 Å². The number of halogens is 1. The summed E-state index contributed by atoms with van der Waals surface area (Å²) in [7, 11) is 0. The molecule has 2 aromatic rings. The number of β-amino-alcohol motifs (C(OH)–C–C–N with tert-alkyl or cyclic N) is 1. The van der Waals surface area contributed by atoms with E-state index in [1.54, 1.807) is 33.8 Å². The first-order chi connectivity index (χ1) is 12.6. The monoisotopic (exact) mass is 352 g/mol. The molecule has 6 heteroatoms. The van der Waals surface area contributed by atoms with Crippen LogP contribution in [0.1, 0.15) is 21.7 Å². The van der Waals surface area contributed by atoms with Crippen molar-refractivity contribution < 1.29 is 14.3 Å². The summed E-state index contributed by atoms with van der Waals surface area (Å²) in [6.07, 6.45) is 7.37. The number of carbonyl (C=O) groups excluding carboxylic acids is 1. The molecule has 0 unspecified atom stereocenters. The van der Waals surface area contributed by atoms with Crippen LogP contribution < -0.4 is 0 Å². The normalized spacial score (nSPS) is 21.1. The predicted octanol–water partition coefficient (Wildman–Crippen LogP) is 1.83. The van der Waals surface area contributed by atoms with Crippen molar-refractivity contribution in [2.45, 2.75) is 19.1 Å². The number of amides is 1. The topological polar surface area (TPSA) is 58.4 Å². The van der Waals surface area contributed by atoms with Crippen LogP contribution in [0.2, 0.25) is 0 Å². The van der Waals surface area contributed by atoms with E-state index in [2.05, 4.69) is 5.10 Å². The Labute approximate surface area is 152 Å². The molecule has 0 saturated heterocycles. The number of aliphatic hydroxyl groups is 1. The van der Waals surface area contributed by atoms with Crippen molar-refractivity contribution in [1.82, 2.24) is 14.7 Å². The van der Waals surface area contributed by atoms with Gasteiger partial charge in [0.05, 0.1) is 18.3 Å². The molecule has 1 fully saturated rings. The van der Waals surface area contributed by atoms with Gasteiger partial charge >= 0.3 is 0 Å². The van der Waals surface area contributed by atoms with Gasteiger partial charge in [0.15, 0.2) is 0 Å². The maximum absolute atomic E-state index is 13.8. The number of hydrogen-bond acceptors (Lipinski definition) is 3. The molecule has 0 bridgehead atoms. The molecule has 0 spiro atoms. The molecule has 1 amide bonds. The second-order valence-corrected chi connectivity index (χ2v) is 6.52. The number of nitrogens with zero attached hydrogens (tertiary/aromatic N) is 3. The van der Waals surface area contributed by atoms with E-state index < -0.39 is 6.10 Å². The molecule has 5 radical (unpaired) electrons.